The quantitative estimate of drug-likeness (QED) is 0.744. The lowest BCUT2D eigenvalue weighted by Crippen LogP contribution is -2.35. The van der Waals surface area contributed by atoms with Gasteiger partial charge < -0.3 is 29.2 Å². The van der Waals surface area contributed by atoms with Gasteiger partial charge in [0.15, 0.2) is 11.5 Å². The van der Waals surface area contributed by atoms with Crippen molar-refractivity contribution in [2.75, 3.05) is 39.3 Å². The third-order valence-corrected chi connectivity index (χ3v) is 6.04. The summed E-state index contributed by atoms with van der Waals surface area (Å²) in [4.78, 5) is 39.5. The predicted octanol–water partition coefficient (Wildman–Crippen LogP) is 2.68. The van der Waals surface area contributed by atoms with Crippen LogP contribution in [0.5, 0.6) is 11.5 Å². The van der Waals surface area contributed by atoms with Crippen molar-refractivity contribution in [1.29, 1.82) is 0 Å². The molecule has 0 saturated heterocycles. The van der Waals surface area contributed by atoms with Gasteiger partial charge in [0.05, 0.1) is 26.3 Å². The van der Waals surface area contributed by atoms with Crippen LogP contribution >= 0.6 is 11.3 Å². The number of amides is 2. The number of benzene rings is 1. The van der Waals surface area contributed by atoms with Crippen LogP contribution in [-0.4, -0.2) is 56.8 Å². The van der Waals surface area contributed by atoms with Crippen molar-refractivity contribution in [3.05, 3.63) is 39.8 Å². The number of nitrogens with one attached hydrogen (secondary N) is 1. The average Bonchev–Trinajstić information content (AvgIpc) is 3.14. The van der Waals surface area contributed by atoms with E-state index in [1.807, 2.05) is 0 Å². The highest BCUT2D eigenvalue weighted by Gasteiger charge is 2.31. The molecule has 2 aliphatic heterocycles. The monoisotopic (exact) mass is 432 g/mol. The number of esters is 1. The first-order chi connectivity index (χ1) is 14.5. The summed E-state index contributed by atoms with van der Waals surface area (Å²) in [5.74, 6) is 0.167. The highest BCUT2D eigenvalue weighted by atomic mass is 32.1. The molecule has 0 atom stereocenters. The predicted molar refractivity (Wildman–Crippen MR) is 108 cm³/mol. The van der Waals surface area contributed by atoms with E-state index in [2.05, 4.69) is 5.32 Å². The molecule has 3 heterocycles. The van der Waals surface area contributed by atoms with Gasteiger partial charge in [0.1, 0.15) is 18.2 Å². The van der Waals surface area contributed by atoms with E-state index < -0.39 is 12.1 Å². The molecule has 0 saturated carbocycles. The maximum Gasteiger partial charge on any atom is 0.409 e. The molecule has 0 bridgehead atoms. The summed E-state index contributed by atoms with van der Waals surface area (Å²) in [7, 11) is 2.62. The second-order valence-corrected chi connectivity index (χ2v) is 7.76. The highest BCUT2D eigenvalue weighted by Crippen LogP contribution is 2.38. The molecule has 0 fully saturated rings. The van der Waals surface area contributed by atoms with Gasteiger partial charge in [-0.05, 0) is 30.2 Å². The Morgan fingerprint density at radius 2 is 1.87 bits per heavy atom. The maximum absolute atomic E-state index is 12.9. The van der Waals surface area contributed by atoms with Crippen LogP contribution in [0.25, 0.3) is 0 Å². The number of nitrogens with zero attached hydrogens (tertiary/aromatic N) is 1. The summed E-state index contributed by atoms with van der Waals surface area (Å²) in [5.41, 5.74) is 1.48. The van der Waals surface area contributed by atoms with Gasteiger partial charge in [-0.15, -0.1) is 11.3 Å². The molecular weight excluding hydrogens is 412 g/mol. The first-order valence-electron chi connectivity index (χ1n) is 9.28. The van der Waals surface area contributed by atoms with E-state index >= 15 is 0 Å². The fourth-order valence-electron chi connectivity index (χ4n) is 3.45. The van der Waals surface area contributed by atoms with Crippen LogP contribution in [0.1, 0.15) is 31.2 Å². The van der Waals surface area contributed by atoms with Gasteiger partial charge >= 0.3 is 12.1 Å². The summed E-state index contributed by atoms with van der Waals surface area (Å²) in [5, 5.41) is 3.20. The number of methoxy groups -OCH3 is 2. The zero-order valence-corrected chi connectivity index (χ0v) is 17.3. The SMILES string of the molecule is COC(=O)c1c(NC(=O)c2ccc3c(c2)OCCO3)sc2c1CCN(C(=O)OC)C2. The van der Waals surface area contributed by atoms with E-state index in [4.69, 9.17) is 18.9 Å². The number of anilines is 1. The minimum atomic E-state index is -0.531. The summed E-state index contributed by atoms with van der Waals surface area (Å²) >= 11 is 1.25. The normalized spacial score (nSPS) is 14.5. The molecule has 0 radical (unpaired) electrons. The highest BCUT2D eigenvalue weighted by molar-refractivity contribution is 7.17. The fourth-order valence-corrected chi connectivity index (χ4v) is 4.70. The summed E-state index contributed by atoms with van der Waals surface area (Å²) < 4.78 is 20.7. The van der Waals surface area contributed by atoms with Gasteiger partial charge in [0, 0.05) is 17.0 Å². The van der Waals surface area contributed by atoms with Crippen LogP contribution in [0, 0.1) is 0 Å². The zero-order chi connectivity index (χ0) is 21.3. The van der Waals surface area contributed by atoms with Gasteiger partial charge in [-0.3, -0.25) is 4.79 Å². The van der Waals surface area contributed by atoms with Crippen LogP contribution in [0.2, 0.25) is 0 Å². The minimum absolute atomic E-state index is 0.302. The smallest absolute Gasteiger partial charge is 0.409 e. The topological polar surface area (TPSA) is 103 Å². The Balaban J connectivity index is 1.62. The zero-order valence-electron chi connectivity index (χ0n) is 16.5. The van der Waals surface area contributed by atoms with Crippen LogP contribution in [0.3, 0.4) is 0 Å². The number of ether oxygens (including phenoxy) is 4. The number of hydrogen-bond donors (Lipinski definition) is 1. The lowest BCUT2D eigenvalue weighted by molar-refractivity contribution is 0.0600. The van der Waals surface area contributed by atoms with Gasteiger partial charge in [-0.25, -0.2) is 9.59 Å². The third kappa shape index (κ3) is 3.65. The number of carbonyl (C=O) groups is 3. The van der Waals surface area contributed by atoms with Crippen molar-refractivity contribution in [2.24, 2.45) is 0 Å². The lowest BCUT2D eigenvalue weighted by atomic mass is 10.0. The third-order valence-electron chi connectivity index (χ3n) is 4.91. The Morgan fingerprint density at radius 1 is 1.10 bits per heavy atom. The molecule has 30 heavy (non-hydrogen) atoms. The first-order valence-corrected chi connectivity index (χ1v) is 10.1. The number of thiophene rings is 1. The van der Waals surface area contributed by atoms with E-state index in [0.29, 0.717) is 60.4 Å². The maximum atomic E-state index is 12.9. The Kier molecular flexibility index (Phi) is 5.49. The molecule has 1 aromatic heterocycles. The van der Waals surface area contributed by atoms with E-state index in [1.54, 1.807) is 23.1 Å². The molecule has 158 valence electrons. The van der Waals surface area contributed by atoms with Crippen molar-refractivity contribution in [1.82, 2.24) is 4.90 Å². The van der Waals surface area contributed by atoms with E-state index in [9.17, 15) is 14.4 Å². The van der Waals surface area contributed by atoms with Gasteiger partial charge in [-0.1, -0.05) is 0 Å². The van der Waals surface area contributed by atoms with Crippen LogP contribution in [-0.2, 0) is 22.4 Å². The number of rotatable bonds is 3. The van der Waals surface area contributed by atoms with Crippen molar-refractivity contribution < 1.29 is 33.3 Å². The number of fused-ring (bicyclic) bond motifs is 2. The Morgan fingerprint density at radius 3 is 2.60 bits per heavy atom. The van der Waals surface area contributed by atoms with Gasteiger partial charge in [-0.2, -0.15) is 0 Å². The van der Waals surface area contributed by atoms with Crippen molar-refractivity contribution >= 4 is 34.3 Å². The van der Waals surface area contributed by atoms with Gasteiger partial charge in [0.25, 0.3) is 5.91 Å². The minimum Gasteiger partial charge on any atom is -0.486 e. The van der Waals surface area contributed by atoms with E-state index in [0.717, 1.165) is 10.4 Å². The number of hydrogen-bond acceptors (Lipinski definition) is 8. The van der Waals surface area contributed by atoms with Crippen LogP contribution in [0.4, 0.5) is 9.80 Å². The lowest BCUT2D eigenvalue weighted by Gasteiger charge is -2.25. The van der Waals surface area contributed by atoms with Crippen molar-refractivity contribution in [3.8, 4) is 11.5 Å². The Hall–Kier alpha value is -3.27. The van der Waals surface area contributed by atoms with Crippen LogP contribution < -0.4 is 14.8 Å². The molecule has 1 N–H and O–H groups in total. The van der Waals surface area contributed by atoms with Crippen molar-refractivity contribution in [3.63, 3.8) is 0 Å². The molecule has 2 aromatic rings. The standard InChI is InChI=1S/C20H20N2O7S/c1-26-19(24)16-12-5-6-22(20(25)27-2)10-15(12)30-18(16)21-17(23)11-3-4-13-14(9-11)29-8-7-28-13/h3-4,9H,5-8,10H2,1-2H3,(H,21,23). The Bertz CT molecular complexity index is 1020. The molecule has 9 nitrogen and oxygen atoms in total. The molecule has 0 aliphatic carbocycles. The first kappa shape index (κ1) is 20.0. The fraction of sp³-hybridized carbons (Fsp3) is 0.350. The summed E-state index contributed by atoms with van der Waals surface area (Å²) in [6.45, 7) is 1.59. The molecule has 2 aliphatic rings. The second-order valence-electron chi connectivity index (χ2n) is 6.65. The molecule has 4 rings (SSSR count). The molecule has 1 aromatic carbocycles. The summed E-state index contributed by atoms with van der Waals surface area (Å²) in [6, 6.07) is 4.92. The van der Waals surface area contributed by atoms with Gasteiger partial charge in [0.2, 0.25) is 0 Å². The molecule has 2 amide bonds. The molecule has 10 heteroatoms. The van der Waals surface area contributed by atoms with E-state index in [-0.39, 0.29) is 5.91 Å². The molecular formula is C20H20N2O7S. The molecule has 0 unspecified atom stereocenters. The number of carbonyl (C=O) groups excluding carboxylic acids is 3. The van der Waals surface area contributed by atoms with Crippen LogP contribution in [0.15, 0.2) is 18.2 Å². The average molecular weight is 432 g/mol. The largest absolute Gasteiger partial charge is 0.486 e. The Labute approximate surface area is 176 Å². The van der Waals surface area contributed by atoms with E-state index in [1.165, 1.54) is 25.6 Å². The second kappa shape index (κ2) is 8.23. The molecule has 0 spiro atoms. The van der Waals surface area contributed by atoms with Crippen molar-refractivity contribution in [2.45, 2.75) is 13.0 Å². The summed E-state index contributed by atoms with van der Waals surface area (Å²) in [6.07, 6.45) is 0.0289.